The van der Waals surface area contributed by atoms with E-state index >= 15 is 0 Å². The van der Waals surface area contributed by atoms with Crippen LogP contribution in [0.5, 0.6) is 0 Å². The first-order valence-corrected chi connectivity index (χ1v) is 9.73. The Labute approximate surface area is 169 Å². The van der Waals surface area contributed by atoms with E-state index in [1.807, 2.05) is 6.07 Å². The molecule has 5 rings (SSSR count). The minimum atomic E-state index is -4.94. The van der Waals surface area contributed by atoms with Crippen LogP contribution in [0, 0.1) is 24.0 Å². The van der Waals surface area contributed by atoms with Crippen LogP contribution in [0.2, 0.25) is 0 Å². The normalized spacial score (nSPS) is 18.0. The Balaban J connectivity index is 1.60. The predicted molar refractivity (Wildman–Crippen MR) is 102 cm³/mol. The molecule has 0 bridgehead atoms. The van der Waals surface area contributed by atoms with Gasteiger partial charge in [0.2, 0.25) is 0 Å². The number of alkyl halides is 3. The third-order valence-electron chi connectivity index (χ3n) is 6.49. The lowest BCUT2D eigenvalue weighted by Gasteiger charge is -2.56. The van der Waals surface area contributed by atoms with Gasteiger partial charge >= 0.3 is 6.18 Å². The fraction of sp³-hybridized carbons (Fsp3) is 0.429. The van der Waals surface area contributed by atoms with Gasteiger partial charge in [0.25, 0.3) is 0 Å². The van der Waals surface area contributed by atoms with Crippen LogP contribution in [0.4, 0.5) is 27.8 Å². The average molecular weight is 422 g/mol. The maximum Gasteiger partial charge on any atom is 0.419 e. The molecule has 3 aromatic rings. The minimum Gasteiger partial charge on any atom is -0.355 e. The van der Waals surface area contributed by atoms with Crippen molar-refractivity contribution in [1.82, 2.24) is 14.8 Å². The van der Waals surface area contributed by atoms with Crippen molar-refractivity contribution in [3.63, 3.8) is 0 Å². The Kier molecular flexibility index (Phi) is 3.95. The summed E-state index contributed by atoms with van der Waals surface area (Å²) in [5.41, 5.74) is -1.53. The lowest BCUT2D eigenvalue weighted by Crippen LogP contribution is -2.60. The fourth-order valence-corrected chi connectivity index (χ4v) is 4.58. The van der Waals surface area contributed by atoms with E-state index < -0.39 is 34.5 Å². The first kappa shape index (κ1) is 19.3. The van der Waals surface area contributed by atoms with Crippen molar-refractivity contribution in [1.29, 1.82) is 0 Å². The van der Waals surface area contributed by atoms with Gasteiger partial charge in [-0.15, -0.1) is 0 Å². The highest BCUT2D eigenvalue weighted by atomic mass is 19.4. The number of hydrogen-bond donors (Lipinski definition) is 0. The topological polar surface area (TPSA) is 34.0 Å². The van der Waals surface area contributed by atoms with Crippen molar-refractivity contribution in [2.45, 2.75) is 32.4 Å². The van der Waals surface area contributed by atoms with Gasteiger partial charge in [0, 0.05) is 54.3 Å². The van der Waals surface area contributed by atoms with E-state index in [4.69, 9.17) is 0 Å². The van der Waals surface area contributed by atoms with Crippen molar-refractivity contribution in [3.8, 4) is 11.3 Å². The molecule has 1 aliphatic heterocycles. The monoisotopic (exact) mass is 422 g/mol. The number of rotatable bonds is 2. The summed E-state index contributed by atoms with van der Waals surface area (Å²) in [6, 6.07) is 2.31. The number of fused-ring (bicyclic) bond motifs is 1. The highest BCUT2D eigenvalue weighted by Gasteiger charge is 2.47. The number of pyridine rings is 1. The predicted octanol–water partition coefficient (Wildman–Crippen LogP) is 5.23. The van der Waals surface area contributed by atoms with Gasteiger partial charge in [-0.1, -0.05) is 6.42 Å². The maximum absolute atomic E-state index is 14.8. The Bertz CT molecular complexity index is 1170. The molecule has 30 heavy (non-hydrogen) atoms. The molecule has 158 valence electrons. The van der Waals surface area contributed by atoms with E-state index in [2.05, 4.69) is 15.0 Å². The third kappa shape index (κ3) is 2.70. The standard InChI is InChI=1S/C21H19F5N4/c1-11-17(22)12(6-14(18(11)23)21(24,25)26)19-13-8-27-16(7-15(13)29(2)28-19)30-9-20(10-30)4-3-5-20/h6-8H,3-5,9-10H2,1-2H3. The van der Waals surface area contributed by atoms with Gasteiger partial charge in [-0.05, 0) is 25.8 Å². The molecular formula is C21H19F5N4. The molecule has 0 amide bonds. The quantitative estimate of drug-likeness (QED) is 0.531. The molecule has 0 unspecified atom stereocenters. The molecule has 4 nitrogen and oxygen atoms in total. The molecule has 2 fully saturated rings. The van der Waals surface area contributed by atoms with Crippen molar-refractivity contribution in [2.75, 3.05) is 18.0 Å². The molecule has 1 saturated heterocycles. The van der Waals surface area contributed by atoms with Crippen LogP contribution in [0.3, 0.4) is 0 Å². The van der Waals surface area contributed by atoms with Crippen LogP contribution in [-0.2, 0) is 13.2 Å². The molecule has 2 aliphatic rings. The zero-order chi connectivity index (χ0) is 21.4. The summed E-state index contributed by atoms with van der Waals surface area (Å²) in [4.78, 5) is 6.61. The highest BCUT2D eigenvalue weighted by Crippen LogP contribution is 2.49. The number of aryl methyl sites for hydroxylation is 1. The van der Waals surface area contributed by atoms with Crippen molar-refractivity contribution in [3.05, 3.63) is 41.1 Å². The molecule has 2 aromatic heterocycles. The van der Waals surface area contributed by atoms with Gasteiger partial charge in [0.05, 0.1) is 11.1 Å². The van der Waals surface area contributed by atoms with Crippen LogP contribution >= 0.6 is 0 Å². The largest absolute Gasteiger partial charge is 0.419 e. The molecule has 1 aromatic carbocycles. The van der Waals surface area contributed by atoms with Crippen molar-refractivity contribution < 1.29 is 22.0 Å². The van der Waals surface area contributed by atoms with Crippen molar-refractivity contribution >= 4 is 16.7 Å². The summed E-state index contributed by atoms with van der Waals surface area (Å²) in [5.74, 6) is -1.90. The Morgan fingerprint density at radius 3 is 2.37 bits per heavy atom. The first-order valence-electron chi connectivity index (χ1n) is 9.73. The molecule has 1 aliphatic carbocycles. The molecule has 3 heterocycles. The van der Waals surface area contributed by atoms with E-state index in [0.717, 1.165) is 25.8 Å². The molecular weight excluding hydrogens is 403 g/mol. The Morgan fingerprint density at radius 1 is 1.07 bits per heavy atom. The van der Waals surface area contributed by atoms with Gasteiger partial charge in [0.15, 0.2) is 0 Å². The van der Waals surface area contributed by atoms with Gasteiger partial charge in [-0.3, -0.25) is 4.68 Å². The van der Waals surface area contributed by atoms with E-state index in [1.165, 1.54) is 30.1 Å². The average Bonchev–Trinajstić information content (AvgIpc) is 2.93. The number of benzene rings is 1. The number of nitrogens with zero attached hydrogens (tertiary/aromatic N) is 4. The van der Waals surface area contributed by atoms with E-state index in [-0.39, 0.29) is 5.69 Å². The lowest BCUT2D eigenvalue weighted by molar-refractivity contribution is -0.140. The molecule has 0 radical (unpaired) electrons. The maximum atomic E-state index is 14.8. The van der Waals surface area contributed by atoms with E-state index in [0.29, 0.717) is 22.4 Å². The lowest BCUT2D eigenvalue weighted by atomic mass is 9.63. The Morgan fingerprint density at radius 2 is 1.77 bits per heavy atom. The Hall–Kier alpha value is -2.71. The second-order valence-electron chi connectivity index (χ2n) is 8.46. The van der Waals surface area contributed by atoms with Gasteiger partial charge in [0.1, 0.15) is 23.1 Å². The highest BCUT2D eigenvalue weighted by molar-refractivity contribution is 5.94. The van der Waals surface area contributed by atoms with Crippen LogP contribution in [0.15, 0.2) is 18.3 Å². The minimum absolute atomic E-state index is 0.0109. The van der Waals surface area contributed by atoms with Gasteiger partial charge in [-0.2, -0.15) is 18.3 Å². The fourth-order valence-electron chi connectivity index (χ4n) is 4.58. The van der Waals surface area contributed by atoms with Gasteiger partial charge < -0.3 is 4.90 Å². The summed E-state index contributed by atoms with van der Waals surface area (Å²) in [5, 5.41) is 4.66. The summed E-state index contributed by atoms with van der Waals surface area (Å²) in [7, 11) is 1.64. The summed E-state index contributed by atoms with van der Waals surface area (Å²) in [6.07, 6.45) is 0.277. The zero-order valence-electron chi connectivity index (χ0n) is 16.4. The molecule has 0 atom stereocenters. The molecule has 0 N–H and O–H groups in total. The third-order valence-corrected chi connectivity index (χ3v) is 6.49. The van der Waals surface area contributed by atoms with Gasteiger partial charge in [-0.25, -0.2) is 13.8 Å². The van der Waals surface area contributed by atoms with Crippen molar-refractivity contribution in [2.24, 2.45) is 12.5 Å². The summed E-state index contributed by atoms with van der Waals surface area (Å²) < 4.78 is 70.1. The SMILES string of the molecule is Cc1c(F)c(-c2nn(C)c3cc(N4CC5(CCC5)C4)ncc23)cc(C(F)(F)F)c1F. The number of hydrogen-bond acceptors (Lipinski definition) is 3. The molecule has 1 saturated carbocycles. The first-order chi connectivity index (χ1) is 14.1. The van der Waals surface area contributed by atoms with Crippen LogP contribution in [-0.4, -0.2) is 27.9 Å². The van der Waals surface area contributed by atoms with Crippen LogP contribution < -0.4 is 4.90 Å². The second kappa shape index (κ2) is 6.15. The number of aromatic nitrogens is 3. The van der Waals surface area contributed by atoms with Crippen LogP contribution in [0.1, 0.15) is 30.4 Å². The van der Waals surface area contributed by atoms with Crippen LogP contribution in [0.25, 0.3) is 22.2 Å². The van der Waals surface area contributed by atoms with E-state index in [1.54, 1.807) is 7.05 Å². The van der Waals surface area contributed by atoms with E-state index in [9.17, 15) is 22.0 Å². The summed E-state index contributed by atoms with van der Waals surface area (Å²) >= 11 is 0. The molecule has 9 heteroatoms. The zero-order valence-corrected chi connectivity index (χ0v) is 16.4. The number of anilines is 1. The smallest absolute Gasteiger partial charge is 0.355 e. The number of halogens is 5. The second-order valence-corrected chi connectivity index (χ2v) is 8.46. The summed E-state index contributed by atoms with van der Waals surface area (Å²) in [6.45, 7) is 2.87. The molecule has 1 spiro atoms.